The van der Waals surface area contributed by atoms with Gasteiger partial charge in [-0.25, -0.2) is 23.5 Å². The largest absolute Gasteiger partial charge is 0.444 e. The van der Waals surface area contributed by atoms with Gasteiger partial charge in [-0.05, 0) is 39.3 Å². The zero-order valence-electron chi connectivity index (χ0n) is 18.9. The number of hydrogen-bond donors (Lipinski definition) is 0. The maximum absolute atomic E-state index is 14.6. The molecule has 0 aliphatic carbocycles. The number of hydrogen-bond acceptors (Lipinski definition) is 5. The highest BCUT2D eigenvalue weighted by Gasteiger charge is 2.45. The van der Waals surface area contributed by atoms with Crippen molar-refractivity contribution in [2.45, 2.75) is 51.2 Å². The number of aromatic nitrogens is 2. The quantitative estimate of drug-likeness (QED) is 0.593. The molecule has 0 spiro atoms. The van der Waals surface area contributed by atoms with E-state index in [9.17, 15) is 31.5 Å². The van der Waals surface area contributed by atoms with Crippen molar-refractivity contribution >= 4 is 17.8 Å². The van der Waals surface area contributed by atoms with Crippen molar-refractivity contribution in [1.82, 2.24) is 14.9 Å². The van der Waals surface area contributed by atoms with Gasteiger partial charge in [0.2, 0.25) is 0 Å². The highest BCUT2D eigenvalue weighted by molar-refractivity contribution is 5.98. The van der Waals surface area contributed by atoms with E-state index in [1.54, 1.807) is 20.8 Å². The van der Waals surface area contributed by atoms with Gasteiger partial charge in [0.25, 0.3) is 5.91 Å². The Morgan fingerprint density at radius 3 is 2.41 bits per heavy atom. The zero-order valence-corrected chi connectivity index (χ0v) is 18.9. The summed E-state index contributed by atoms with van der Waals surface area (Å²) in [6, 6.07) is 2.11. The molecule has 7 nitrogen and oxygen atoms in total. The number of likely N-dealkylation sites (tertiary alicyclic amines) is 1. The van der Waals surface area contributed by atoms with E-state index < -0.39 is 47.4 Å². The summed E-state index contributed by atoms with van der Waals surface area (Å²) in [6.07, 6.45) is -6.33. The van der Waals surface area contributed by atoms with Crippen molar-refractivity contribution in [3.05, 3.63) is 42.0 Å². The highest BCUT2D eigenvalue weighted by atomic mass is 19.4. The monoisotopic (exact) mass is 486 g/mol. The molecule has 184 valence electrons. The zero-order chi connectivity index (χ0) is 25.4. The lowest BCUT2D eigenvalue weighted by Gasteiger charge is -2.30. The van der Waals surface area contributed by atoms with Crippen LogP contribution in [0.5, 0.6) is 0 Å². The van der Waals surface area contributed by atoms with Crippen molar-refractivity contribution in [1.29, 1.82) is 0 Å². The van der Waals surface area contributed by atoms with E-state index >= 15 is 0 Å². The summed E-state index contributed by atoms with van der Waals surface area (Å²) in [4.78, 5) is 35.5. The van der Waals surface area contributed by atoms with E-state index in [2.05, 4.69) is 9.97 Å². The first kappa shape index (κ1) is 25.3. The number of benzene rings is 1. The molecule has 1 aromatic carbocycles. The summed E-state index contributed by atoms with van der Waals surface area (Å²) >= 11 is 0. The third kappa shape index (κ3) is 5.42. The fourth-order valence-corrected chi connectivity index (χ4v) is 3.47. The summed E-state index contributed by atoms with van der Waals surface area (Å²) in [7, 11) is 1.31. The van der Waals surface area contributed by atoms with Gasteiger partial charge >= 0.3 is 12.3 Å². The number of rotatable bonds is 3. The Kier molecular flexibility index (Phi) is 6.81. The maximum atomic E-state index is 14.6. The van der Waals surface area contributed by atoms with Gasteiger partial charge in [0.15, 0.2) is 0 Å². The number of anilines is 1. The number of amides is 2. The van der Waals surface area contributed by atoms with Crippen LogP contribution in [-0.4, -0.2) is 58.3 Å². The molecule has 2 heterocycles. The van der Waals surface area contributed by atoms with Crippen LogP contribution in [0.25, 0.3) is 11.3 Å². The lowest BCUT2D eigenvalue weighted by Crippen LogP contribution is -2.51. The highest BCUT2D eigenvalue weighted by Crippen LogP contribution is 2.33. The first-order valence-electron chi connectivity index (χ1n) is 10.3. The van der Waals surface area contributed by atoms with Gasteiger partial charge in [0, 0.05) is 25.2 Å². The van der Waals surface area contributed by atoms with Crippen LogP contribution in [0.2, 0.25) is 0 Å². The molecule has 1 aliphatic rings. The van der Waals surface area contributed by atoms with E-state index in [1.807, 2.05) is 0 Å². The van der Waals surface area contributed by atoms with Crippen LogP contribution in [0.15, 0.2) is 30.6 Å². The number of nitrogens with zero attached hydrogens (tertiary/aromatic N) is 4. The smallest absolute Gasteiger partial charge is 0.419 e. The molecular formula is C22H23F5N4O3. The molecule has 1 aromatic heterocycles. The second-order valence-corrected chi connectivity index (χ2v) is 8.77. The van der Waals surface area contributed by atoms with Crippen molar-refractivity contribution in [2.24, 2.45) is 0 Å². The first-order valence-corrected chi connectivity index (χ1v) is 10.3. The Morgan fingerprint density at radius 1 is 1.15 bits per heavy atom. The van der Waals surface area contributed by atoms with Crippen LogP contribution in [0.1, 0.15) is 32.8 Å². The summed E-state index contributed by atoms with van der Waals surface area (Å²) in [5.41, 5.74) is -2.20. The van der Waals surface area contributed by atoms with Crippen molar-refractivity contribution in [2.75, 3.05) is 18.5 Å². The van der Waals surface area contributed by atoms with E-state index in [0.29, 0.717) is 12.1 Å². The molecule has 2 amide bonds. The van der Waals surface area contributed by atoms with E-state index in [-0.39, 0.29) is 30.0 Å². The Balaban J connectivity index is 1.85. The van der Waals surface area contributed by atoms with Gasteiger partial charge in [-0.3, -0.25) is 14.6 Å². The van der Waals surface area contributed by atoms with E-state index in [4.69, 9.17) is 4.74 Å². The van der Waals surface area contributed by atoms with Crippen LogP contribution in [-0.2, 0) is 15.7 Å². The maximum Gasteiger partial charge on any atom is 0.419 e. The lowest BCUT2D eigenvalue weighted by atomic mass is 10.1. The number of alkyl halides is 4. The van der Waals surface area contributed by atoms with E-state index in [1.165, 1.54) is 13.1 Å². The minimum absolute atomic E-state index is 0.0137. The Bertz CT molecular complexity index is 1090. The number of carbonyl (C=O) groups excluding carboxylic acids is 2. The molecule has 1 aliphatic heterocycles. The first-order chi connectivity index (χ1) is 15.7. The minimum Gasteiger partial charge on any atom is -0.444 e. The summed E-state index contributed by atoms with van der Waals surface area (Å²) in [5, 5.41) is 0. The Hall–Kier alpha value is -3.31. The third-order valence-electron chi connectivity index (χ3n) is 5.10. The fourth-order valence-electron chi connectivity index (χ4n) is 3.47. The minimum atomic E-state index is -4.85. The van der Waals surface area contributed by atoms with Gasteiger partial charge in [0.05, 0.1) is 11.3 Å². The topological polar surface area (TPSA) is 75.6 Å². The molecule has 34 heavy (non-hydrogen) atoms. The Morgan fingerprint density at radius 2 is 1.82 bits per heavy atom. The molecule has 1 saturated heterocycles. The summed E-state index contributed by atoms with van der Waals surface area (Å²) < 4.78 is 72.3. The molecular weight excluding hydrogens is 463 g/mol. The van der Waals surface area contributed by atoms with Crippen LogP contribution in [0, 0.1) is 5.82 Å². The molecule has 0 unspecified atom stereocenters. The molecule has 0 bridgehead atoms. The van der Waals surface area contributed by atoms with Crippen LogP contribution < -0.4 is 4.90 Å². The Labute approximate surface area is 192 Å². The molecule has 1 fully saturated rings. The van der Waals surface area contributed by atoms with Crippen LogP contribution >= 0.6 is 0 Å². The molecule has 12 heteroatoms. The molecule has 3 rings (SSSR count). The predicted molar refractivity (Wildman–Crippen MR) is 112 cm³/mol. The SMILES string of the molecule is CN(C(=O)[C@@H]1[C@@H](F)CCN1C(=O)OC(C)(C)C)c1cc(-c2ccc(C(F)(F)F)c(F)c2)ncn1. The summed E-state index contributed by atoms with van der Waals surface area (Å²) in [5.74, 6) is -2.27. The lowest BCUT2D eigenvalue weighted by molar-refractivity contribution is -0.140. The fraction of sp³-hybridized carbons (Fsp3) is 0.455. The normalized spacial score (nSPS) is 18.7. The van der Waals surface area contributed by atoms with Crippen molar-refractivity contribution in [3.63, 3.8) is 0 Å². The average molecular weight is 486 g/mol. The number of carbonyl (C=O) groups is 2. The van der Waals surface area contributed by atoms with Gasteiger partial charge in [-0.1, -0.05) is 6.07 Å². The van der Waals surface area contributed by atoms with Crippen molar-refractivity contribution in [3.8, 4) is 11.3 Å². The van der Waals surface area contributed by atoms with Gasteiger partial charge in [-0.15, -0.1) is 0 Å². The molecule has 0 N–H and O–H groups in total. The van der Waals surface area contributed by atoms with Gasteiger partial charge in [0.1, 0.15) is 35.8 Å². The van der Waals surface area contributed by atoms with Crippen molar-refractivity contribution < 1.29 is 36.3 Å². The number of likely N-dealkylation sites (N-methyl/N-ethyl adjacent to an activating group) is 1. The van der Waals surface area contributed by atoms with Crippen LogP contribution in [0.4, 0.5) is 32.6 Å². The van der Waals surface area contributed by atoms with Gasteiger partial charge < -0.3 is 4.74 Å². The summed E-state index contributed by atoms with van der Waals surface area (Å²) in [6.45, 7) is 4.91. The number of ether oxygens (including phenoxy) is 1. The molecule has 0 radical (unpaired) electrons. The molecule has 2 aromatic rings. The average Bonchev–Trinajstić information content (AvgIpc) is 3.12. The standard InChI is InChI=1S/C22H23F5N4O3/c1-21(2,3)34-20(33)31-8-7-14(23)18(31)19(32)30(4)17-10-16(28-11-29-17)12-5-6-13(15(24)9-12)22(25,26)27/h5-6,9-11,14,18H,7-8H2,1-4H3/t14-,18-/m0/s1. The second kappa shape index (κ2) is 9.15. The molecule has 0 saturated carbocycles. The van der Waals surface area contributed by atoms with E-state index in [0.717, 1.165) is 22.2 Å². The second-order valence-electron chi connectivity index (χ2n) is 8.77. The van der Waals surface area contributed by atoms with Gasteiger partial charge in [-0.2, -0.15) is 13.2 Å². The molecule has 2 atom stereocenters. The number of halogens is 5. The van der Waals surface area contributed by atoms with Crippen LogP contribution in [0.3, 0.4) is 0 Å². The third-order valence-corrected chi connectivity index (χ3v) is 5.10. The predicted octanol–water partition coefficient (Wildman–Crippen LogP) is 4.61.